The topological polar surface area (TPSA) is 37.3 Å². The molecule has 0 spiro atoms. The first-order chi connectivity index (χ1) is 5.77. The lowest BCUT2D eigenvalue weighted by Gasteiger charge is -1.88. The van der Waals surface area contributed by atoms with Crippen molar-refractivity contribution in [3.05, 3.63) is 52.2 Å². The van der Waals surface area contributed by atoms with Crippen molar-refractivity contribution in [1.29, 1.82) is 0 Å². The molecular formula is C10H8O2. The van der Waals surface area contributed by atoms with Gasteiger partial charge in [-0.2, -0.15) is 0 Å². The third-order valence-corrected chi connectivity index (χ3v) is 1.88. The predicted octanol–water partition coefficient (Wildman–Crippen LogP) is 1.41. The Kier molecular flexibility index (Phi) is 1.47. The third-order valence-electron chi connectivity index (χ3n) is 1.88. The number of aromatic hydroxyl groups is 1. The lowest BCUT2D eigenvalue weighted by molar-refractivity contribution is 0.471. The quantitative estimate of drug-likeness (QED) is 0.630. The summed E-state index contributed by atoms with van der Waals surface area (Å²) < 4.78 is 0. The first-order valence-electron chi connectivity index (χ1n) is 3.79. The Labute approximate surface area is 69.8 Å². The van der Waals surface area contributed by atoms with Crippen LogP contribution in [0.1, 0.15) is 11.5 Å². The van der Waals surface area contributed by atoms with Crippen molar-refractivity contribution in [3.8, 4) is 5.75 Å². The van der Waals surface area contributed by atoms with Gasteiger partial charge < -0.3 is 5.11 Å². The van der Waals surface area contributed by atoms with Crippen molar-refractivity contribution in [2.24, 2.45) is 0 Å². The fourth-order valence-corrected chi connectivity index (χ4v) is 1.07. The Morgan fingerprint density at radius 1 is 1.08 bits per heavy atom. The second-order valence-electron chi connectivity index (χ2n) is 2.83. The number of hydrogen-bond donors (Lipinski definition) is 1. The summed E-state index contributed by atoms with van der Waals surface area (Å²) in [5.41, 5.74) is 0.717. The van der Waals surface area contributed by atoms with Crippen molar-refractivity contribution >= 4 is 0 Å². The molecule has 0 heterocycles. The van der Waals surface area contributed by atoms with Gasteiger partial charge in [-0.05, 0) is 17.7 Å². The molecule has 0 amide bonds. The molecule has 1 aliphatic carbocycles. The molecule has 0 radical (unpaired) electrons. The lowest BCUT2D eigenvalue weighted by Crippen LogP contribution is -1.91. The van der Waals surface area contributed by atoms with Crippen LogP contribution >= 0.6 is 0 Å². The summed E-state index contributed by atoms with van der Waals surface area (Å²) >= 11 is 0. The fraction of sp³-hybridized carbons (Fsp3) is 0.100. The molecule has 0 aromatic heterocycles. The Hall–Kier alpha value is -1.57. The van der Waals surface area contributed by atoms with Crippen LogP contribution in [-0.4, -0.2) is 5.11 Å². The maximum absolute atomic E-state index is 10.9. The predicted molar refractivity (Wildman–Crippen MR) is 46.3 cm³/mol. The molecule has 0 saturated carbocycles. The summed E-state index contributed by atoms with van der Waals surface area (Å²) in [6.45, 7) is 0. The van der Waals surface area contributed by atoms with Crippen LogP contribution in [-0.2, 0) is 0 Å². The number of hydrogen-bond acceptors (Lipinski definition) is 2. The minimum Gasteiger partial charge on any atom is -0.504 e. The van der Waals surface area contributed by atoms with E-state index in [1.54, 1.807) is 12.1 Å². The van der Waals surface area contributed by atoms with E-state index in [0.29, 0.717) is 5.92 Å². The van der Waals surface area contributed by atoms with Gasteiger partial charge >= 0.3 is 0 Å². The Bertz CT molecular complexity index is 387. The Balaban J connectivity index is 2.50. The molecule has 12 heavy (non-hydrogen) atoms. The normalized spacial score (nSPS) is 14.7. The first-order valence-corrected chi connectivity index (χ1v) is 3.79. The molecule has 2 heteroatoms. The van der Waals surface area contributed by atoms with Crippen molar-refractivity contribution in [3.63, 3.8) is 0 Å². The molecule has 0 atom stereocenters. The Morgan fingerprint density at radius 3 is 2.42 bits per heavy atom. The zero-order valence-corrected chi connectivity index (χ0v) is 6.40. The van der Waals surface area contributed by atoms with Gasteiger partial charge in [0.05, 0.1) is 0 Å². The average Bonchev–Trinajstić information content (AvgIpc) is 2.84. The van der Waals surface area contributed by atoms with Crippen molar-refractivity contribution in [2.75, 3.05) is 0 Å². The van der Waals surface area contributed by atoms with Crippen LogP contribution in [0.15, 0.2) is 41.2 Å². The van der Waals surface area contributed by atoms with Gasteiger partial charge in [-0.3, -0.25) is 4.79 Å². The summed E-state index contributed by atoms with van der Waals surface area (Å²) in [6, 6.07) is 6.34. The maximum atomic E-state index is 10.9. The van der Waals surface area contributed by atoms with E-state index in [4.69, 9.17) is 5.11 Å². The zero-order valence-electron chi connectivity index (χ0n) is 6.40. The van der Waals surface area contributed by atoms with Crippen molar-refractivity contribution in [2.45, 2.75) is 5.92 Å². The van der Waals surface area contributed by atoms with Gasteiger partial charge in [-0.25, -0.2) is 0 Å². The van der Waals surface area contributed by atoms with E-state index in [1.165, 1.54) is 12.1 Å². The average molecular weight is 160 g/mol. The van der Waals surface area contributed by atoms with Crippen LogP contribution in [0.4, 0.5) is 0 Å². The van der Waals surface area contributed by atoms with Gasteiger partial charge in [0.15, 0.2) is 5.75 Å². The fourth-order valence-electron chi connectivity index (χ4n) is 1.07. The molecule has 0 aliphatic heterocycles. The highest BCUT2D eigenvalue weighted by atomic mass is 16.3. The molecule has 0 saturated heterocycles. The van der Waals surface area contributed by atoms with Crippen molar-refractivity contribution in [1.82, 2.24) is 0 Å². The van der Waals surface area contributed by atoms with E-state index in [1.807, 2.05) is 12.2 Å². The maximum Gasteiger partial charge on any atom is 0.220 e. The van der Waals surface area contributed by atoms with Crippen molar-refractivity contribution < 1.29 is 5.11 Å². The van der Waals surface area contributed by atoms with Gasteiger partial charge in [0.25, 0.3) is 0 Å². The van der Waals surface area contributed by atoms with E-state index in [2.05, 4.69) is 0 Å². The van der Waals surface area contributed by atoms with E-state index < -0.39 is 0 Å². The number of rotatable bonds is 1. The highest BCUT2D eigenvalue weighted by Gasteiger charge is 2.12. The highest BCUT2D eigenvalue weighted by Crippen LogP contribution is 2.28. The molecule has 0 unspecified atom stereocenters. The second-order valence-corrected chi connectivity index (χ2v) is 2.83. The summed E-state index contributed by atoms with van der Waals surface area (Å²) in [5.74, 6) is 0.179. The van der Waals surface area contributed by atoms with E-state index in [0.717, 1.165) is 5.56 Å². The van der Waals surface area contributed by atoms with Crippen LogP contribution in [0.2, 0.25) is 0 Å². The van der Waals surface area contributed by atoms with Gasteiger partial charge in [-0.15, -0.1) is 0 Å². The monoisotopic (exact) mass is 160 g/mol. The van der Waals surface area contributed by atoms with Gasteiger partial charge in [0.2, 0.25) is 5.43 Å². The smallest absolute Gasteiger partial charge is 0.220 e. The molecule has 0 bridgehead atoms. The largest absolute Gasteiger partial charge is 0.504 e. The van der Waals surface area contributed by atoms with E-state index >= 15 is 0 Å². The molecule has 2 nitrogen and oxygen atoms in total. The molecule has 1 N–H and O–H groups in total. The minimum atomic E-state index is -0.332. The van der Waals surface area contributed by atoms with E-state index in [9.17, 15) is 4.79 Å². The molecule has 1 aromatic rings. The van der Waals surface area contributed by atoms with Gasteiger partial charge in [0, 0.05) is 5.92 Å². The molecule has 1 aromatic carbocycles. The molecule has 60 valence electrons. The molecule has 2 rings (SSSR count). The van der Waals surface area contributed by atoms with Crippen LogP contribution in [0, 0.1) is 0 Å². The van der Waals surface area contributed by atoms with E-state index in [-0.39, 0.29) is 11.2 Å². The SMILES string of the molecule is O=c1ccc(C2C=C2)ccc1O. The molecule has 1 aliphatic rings. The van der Waals surface area contributed by atoms with Crippen LogP contribution in [0.25, 0.3) is 0 Å². The molecule has 0 fully saturated rings. The third kappa shape index (κ3) is 1.23. The van der Waals surface area contributed by atoms with Gasteiger partial charge in [0.1, 0.15) is 0 Å². The lowest BCUT2D eigenvalue weighted by atomic mass is 10.2. The molecular weight excluding hydrogens is 152 g/mol. The van der Waals surface area contributed by atoms with Gasteiger partial charge in [-0.1, -0.05) is 24.3 Å². The summed E-state index contributed by atoms with van der Waals surface area (Å²) in [4.78, 5) is 10.9. The minimum absolute atomic E-state index is 0.193. The highest BCUT2D eigenvalue weighted by molar-refractivity contribution is 5.38. The second kappa shape index (κ2) is 2.48. The van der Waals surface area contributed by atoms with Crippen LogP contribution < -0.4 is 5.43 Å². The summed E-state index contributed by atoms with van der Waals surface area (Å²) in [5, 5.41) is 9.07. The summed E-state index contributed by atoms with van der Waals surface area (Å²) in [6.07, 6.45) is 4.08. The standard InChI is InChI=1S/C10H8O2/c11-9-5-3-8(7-1-2-7)4-6-10(9)12/h1-7H,(H,11,12). The number of allylic oxidation sites excluding steroid dienone is 2. The van der Waals surface area contributed by atoms with Crippen LogP contribution in [0.5, 0.6) is 5.75 Å². The zero-order chi connectivity index (χ0) is 8.55. The Morgan fingerprint density at radius 2 is 1.75 bits per heavy atom. The van der Waals surface area contributed by atoms with Crippen LogP contribution in [0.3, 0.4) is 0 Å². The first kappa shape index (κ1) is 7.10. The summed E-state index contributed by atoms with van der Waals surface area (Å²) in [7, 11) is 0.